The minimum Gasteiger partial charge on any atom is -0.465 e. The lowest BCUT2D eigenvalue weighted by Crippen LogP contribution is -2.17. The summed E-state index contributed by atoms with van der Waals surface area (Å²) in [6.07, 6.45) is 6.93. The van der Waals surface area contributed by atoms with E-state index in [1.54, 1.807) is 6.26 Å². The molecular formula is C24H37ClO. The van der Waals surface area contributed by atoms with Crippen molar-refractivity contribution >= 4 is 23.8 Å². The third kappa shape index (κ3) is 18.4. The largest absolute Gasteiger partial charge is 0.465 e. The minimum atomic E-state index is 0.810. The van der Waals surface area contributed by atoms with Gasteiger partial charge in [0.15, 0.2) is 0 Å². The number of hydrogen-bond donors (Lipinski definition) is 0. The molecule has 0 saturated heterocycles. The van der Waals surface area contributed by atoms with Gasteiger partial charge in [-0.05, 0) is 64.5 Å². The topological polar surface area (TPSA) is 13.1 Å². The van der Waals surface area contributed by atoms with Gasteiger partial charge in [-0.2, -0.15) is 0 Å². The van der Waals surface area contributed by atoms with Crippen molar-refractivity contribution in [1.82, 2.24) is 0 Å². The summed E-state index contributed by atoms with van der Waals surface area (Å²) in [5.74, 6) is 5.36. The number of hydrogen-bond acceptors (Lipinski definition) is 1. The van der Waals surface area contributed by atoms with E-state index in [-0.39, 0.29) is 0 Å². The van der Waals surface area contributed by atoms with Gasteiger partial charge < -0.3 is 4.42 Å². The Hall–Kier alpha value is -1.91. The van der Waals surface area contributed by atoms with Crippen LogP contribution in [0.5, 0.6) is 0 Å². The first-order valence-corrected chi connectivity index (χ1v) is 9.60. The van der Waals surface area contributed by atoms with Crippen LogP contribution in [0.1, 0.15) is 67.4 Å². The highest BCUT2D eigenvalue weighted by Crippen LogP contribution is 2.08. The summed E-state index contributed by atoms with van der Waals surface area (Å²) in [6, 6.07) is 9.72. The normalized spacial score (nSPS) is 9.46. The van der Waals surface area contributed by atoms with Gasteiger partial charge in [-0.1, -0.05) is 63.9 Å². The third-order valence-electron chi connectivity index (χ3n) is 2.53. The fourth-order valence-electron chi connectivity index (χ4n) is 1.41. The summed E-state index contributed by atoms with van der Waals surface area (Å²) in [6.45, 7) is 17.9. The second kappa shape index (κ2) is 23.1. The van der Waals surface area contributed by atoms with E-state index < -0.39 is 0 Å². The quantitative estimate of drug-likeness (QED) is 0.451. The van der Waals surface area contributed by atoms with Gasteiger partial charge in [0.1, 0.15) is 5.42 Å². The molecule has 0 radical (unpaired) electrons. The van der Waals surface area contributed by atoms with Gasteiger partial charge in [0.05, 0.1) is 6.26 Å². The van der Waals surface area contributed by atoms with E-state index in [1.165, 1.54) is 12.0 Å². The van der Waals surface area contributed by atoms with Crippen LogP contribution < -0.4 is 10.6 Å². The fourth-order valence-corrected chi connectivity index (χ4v) is 1.65. The first kappa shape index (κ1) is 28.9. The lowest BCUT2D eigenvalue weighted by atomic mass is 10.2. The van der Waals surface area contributed by atoms with Crippen LogP contribution in [0.2, 0.25) is 5.02 Å². The maximum absolute atomic E-state index is 5.64. The molecule has 0 bridgehead atoms. The van der Waals surface area contributed by atoms with Gasteiger partial charge in [-0.3, -0.25) is 0 Å². The Kier molecular flexibility index (Phi) is 25.6. The minimum absolute atomic E-state index is 0.810. The van der Waals surface area contributed by atoms with Gasteiger partial charge >= 0.3 is 0 Å². The molecule has 2 heteroatoms. The van der Waals surface area contributed by atoms with Crippen LogP contribution in [-0.2, 0) is 0 Å². The van der Waals surface area contributed by atoms with Gasteiger partial charge in [0.25, 0.3) is 0 Å². The van der Waals surface area contributed by atoms with Crippen LogP contribution in [0.25, 0.3) is 12.2 Å². The molecule has 26 heavy (non-hydrogen) atoms. The van der Waals surface area contributed by atoms with E-state index in [9.17, 15) is 0 Å². The van der Waals surface area contributed by atoms with E-state index in [4.69, 9.17) is 16.0 Å². The molecule has 0 saturated carbocycles. The molecule has 0 N–H and O–H groups in total. The van der Waals surface area contributed by atoms with E-state index >= 15 is 0 Å². The van der Waals surface area contributed by atoms with Crippen LogP contribution >= 0.6 is 11.6 Å². The predicted octanol–water partition coefficient (Wildman–Crippen LogP) is 7.00. The van der Waals surface area contributed by atoms with Crippen molar-refractivity contribution in [3.05, 3.63) is 57.8 Å². The Morgan fingerprint density at radius 2 is 1.54 bits per heavy atom. The number of rotatable bonds is 0. The lowest BCUT2D eigenvalue weighted by molar-refractivity contribution is 0.530. The van der Waals surface area contributed by atoms with Crippen molar-refractivity contribution in [3.63, 3.8) is 0 Å². The van der Waals surface area contributed by atoms with E-state index in [1.807, 2.05) is 91.0 Å². The average Bonchev–Trinajstić information content (AvgIpc) is 3.12. The molecule has 0 unspecified atom stereocenters. The molecule has 1 aromatic carbocycles. The molecule has 0 aliphatic heterocycles. The molecule has 1 aromatic heterocycles. The fraction of sp³-hybridized carbons (Fsp3) is 0.417. The van der Waals surface area contributed by atoms with Crippen LogP contribution in [0.4, 0.5) is 0 Å². The van der Waals surface area contributed by atoms with E-state index in [0.29, 0.717) is 0 Å². The summed E-state index contributed by atoms with van der Waals surface area (Å²) in [7, 11) is 0. The van der Waals surface area contributed by atoms with Crippen molar-refractivity contribution in [1.29, 1.82) is 0 Å². The summed E-state index contributed by atoms with van der Waals surface area (Å²) >= 11 is 5.64. The van der Waals surface area contributed by atoms with Crippen molar-refractivity contribution < 1.29 is 4.42 Å². The predicted molar refractivity (Wildman–Crippen MR) is 121 cm³/mol. The summed E-state index contributed by atoms with van der Waals surface area (Å²) in [5.41, 5.74) is 2.16. The molecule has 0 atom stereocenters. The van der Waals surface area contributed by atoms with Crippen LogP contribution in [0.3, 0.4) is 0 Å². The Bertz CT molecular complexity index is 648. The molecule has 0 aliphatic rings. The van der Waals surface area contributed by atoms with E-state index in [2.05, 4.69) is 25.7 Å². The van der Waals surface area contributed by atoms with Crippen molar-refractivity contribution in [2.45, 2.75) is 68.7 Å². The maximum atomic E-state index is 5.64. The Morgan fingerprint density at radius 1 is 1.00 bits per heavy atom. The molecule has 0 spiro atoms. The number of halogens is 1. The first-order valence-electron chi connectivity index (χ1n) is 9.22. The highest BCUT2D eigenvalue weighted by molar-refractivity contribution is 6.30. The monoisotopic (exact) mass is 376 g/mol. The molecule has 2 rings (SSSR count). The highest BCUT2D eigenvalue weighted by Gasteiger charge is 1.83. The second-order valence-electron chi connectivity index (χ2n) is 4.82. The number of benzene rings is 1. The zero-order chi connectivity index (χ0) is 20.8. The van der Waals surface area contributed by atoms with Gasteiger partial charge in [-0.25, -0.2) is 0 Å². The maximum Gasteiger partial charge on any atom is 0.129 e. The van der Waals surface area contributed by atoms with Crippen LogP contribution in [0.15, 0.2) is 41.0 Å². The third-order valence-corrected chi connectivity index (χ3v) is 2.77. The smallest absolute Gasteiger partial charge is 0.129 e. The summed E-state index contributed by atoms with van der Waals surface area (Å²) < 4.78 is 5.12. The van der Waals surface area contributed by atoms with Crippen LogP contribution in [0, 0.1) is 18.8 Å². The average molecular weight is 377 g/mol. The second-order valence-corrected chi connectivity index (χ2v) is 5.26. The Labute approximate surface area is 166 Å². The standard InChI is InChI=1S/C8H10O.C7H7Cl.C4H6.C3H8.C2H6/c1-3-7-5-6-9-8(7)4-2;1-6-3-2-4-7(8)5-6;1-3-4-2;1-3-2;1-2/h3-6H,1-2H3;2-5H,1H3;1-2H3;3H2,1-2H3;1-2H3/b7-3-,8-4+;;;;. The van der Waals surface area contributed by atoms with Crippen molar-refractivity contribution in [2.75, 3.05) is 0 Å². The Morgan fingerprint density at radius 3 is 1.81 bits per heavy atom. The SMILES string of the molecule is C/C=c1/cco/c1=C/C.CC.CC#CC.CCC.Cc1cccc(Cl)c1. The molecule has 0 aliphatic carbocycles. The summed E-state index contributed by atoms with van der Waals surface area (Å²) in [5, 5.41) is 1.97. The molecule has 146 valence electrons. The first-order chi connectivity index (χ1) is 12.5. The van der Waals surface area contributed by atoms with Gasteiger partial charge in [0, 0.05) is 10.2 Å². The molecule has 0 fully saturated rings. The number of furan rings is 1. The zero-order valence-electron chi connectivity index (χ0n) is 18.1. The van der Waals surface area contributed by atoms with Crippen molar-refractivity contribution in [3.8, 4) is 11.8 Å². The Balaban J connectivity index is -0.000000285. The van der Waals surface area contributed by atoms with Crippen molar-refractivity contribution in [2.24, 2.45) is 0 Å². The van der Waals surface area contributed by atoms with Gasteiger partial charge in [0.2, 0.25) is 0 Å². The zero-order valence-corrected chi connectivity index (χ0v) is 18.9. The molecule has 0 amide bonds. The molecular weight excluding hydrogens is 340 g/mol. The summed E-state index contributed by atoms with van der Waals surface area (Å²) in [4.78, 5) is 0. The highest BCUT2D eigenvalue weighted by atomic mass is 35.5. The molecule has 1 nitrogen and oxygen atoms in total. The number of aryl methyl sites for hydroxylation is 1. The van der Waals surface area contributed by atoms with Gasteiger partial charge in [-0.15, -0.1) is 11.8 Å². The van der Waals surface area contributed by atoms with Crippen LogP contribution in [-0.4, -0.2) is 0 Å². The molecule has 2 aromatic rings. The molecule has 1 heterocycles. The van der Waals surface area contributed by atoms with E-state index in [0.717, 1.165) is 15.7 Å². The lowest BCUT2D eigenvalue weighted by Gasteiger charge is -1.88.